The summed E-state index contributed by atoms with van der Waals surface area (Å²) >= 11 is 0. The summed E-state index contributed by atoms with van der Waals surface area (Å²) in [6.45, 7) is 2.44. The highest BCUT2D eigenvalue weighted by molar-refractivity contribution is 5.93. The van der Waals surface area contributed by atoms with Crippen molar-refractivity contribution >= 4 is 11.9 Å². The Hall–Kier alpha value is -1.56. The molecule has 140 valence electrons. The van der Waals surface area contributed by atoms with Crippen molar-refractivity contribution in [3.05, 3.63) is 11.6 Å². The lowest BCUT2D eigenvalue weighted by Crippen LogP contribution is -2.51. The van der Waals surface area contributed by atoms with Crippen LogP contribution in [0.2, 0.25) is 0 Å². The highest BCUT2D eigenvalue weighted by Crippen LogP contribution is 2.14. The first-order valence-electron chi connectivity index (χ1n) is 7.15. The van der Waals surface area contributed by atoms with Gasteiger partial charge in [0.2, 0.25) is 6.29 Å². The fraction of sp³-hybridized carbons (Fsp3) is 0.714. The number of carboxylic acid groups (broad SMARTS) is 1. The van der Waals surface area contributed by atoms with Gasteiger partial charge in [0.1, 0.15) is 24.4 Å². The van der Waals surface area contributed by atoms with Gasteiger partial charge in [0, 0.05) is 5.57 Å². The highest BCUT2D eigenvalue weighted by Gasteiger charge is 2.36. The molecule has 0 saturated heterocycles. The Balaban J connectivity index is 4.96. The Morgan fingerprint density at radius 3 is 1.96 bits per heavy atom. The molecule has 7 N–H and O–H groups in total. The maximum atomic E-state index is 11.9. The molecule has 0 fully saturated rings. The fourth-order valence-corrected chi connectivity index (χ4v) is 1.73. The monoisotopic (exact) mass is 352 g/mol. The van der Waals surface area contributed by atoms with Gasteiger partial charge in [-0.05, 0) is 5.92 Å². The van der Waals surface area contributed by atoms with Gasteiger partial charge in [-0.3, -0.25) is 4.79 Å². The van der Waals surface area contributed by atoms with Gasteiger partial charge >= 0.3 is 11.9 Å². The maximum Gasteiger partial charge on any atom is 0.336 e. The lowest BCUT2D eigenvalue weighted by molar-refractivity contribution is -0.211. The first-order chi connectivity index (χ1) is 11.0. The Labute approximate surface area is 138 Å². The number of esters is 1. The van der Waals surface area contributed by atoms with Gasteiger partial charge < -0.3 is 40.5 Å². The molecule has 0 aliphatic carbocycles. The second-order valence-electron chi connectivity index (χ2n) is 5.52. The first kappa shape index (κ1) is 22.4. The molecule has 0 aromatic carbocycles. The topological polar surface area (TPSA) is 185 Å². The van der Waals surface area contributed by atoms with E-state index in [1.165, 1.54) is 6.08 Å². The van der Waals surface area contributed by atoms with Crippen molar-refractivity contribution in [2.45, 2.75) is 51.0 Å². The van der Waals surface area contributed by atoms with E-state index in [1.54, 1.807) is 13.8 Å². The van der Waals surface area contributed by atoms with Crippen LogP contribution in [0.4, 0.5) is 0 Å². The molecule has 0 saturated carbocycles. The smallest absolute Gasteiger partial charge is 0.336 e. The maximum absolute atomic E-state index is 11.9. The minimum atomic E-state index is -2.29. The number of aliphatic hydroxyl groups is 6. The van der Waals surface area contributed by atoms with Gasteiger partial charge in [-0.2, -0.15) is 0 Å². The quantitative estimate of drug-likeness (QED) is 0.124. The van der Waals surface area contributed by atoms with Gasteiger partial charge in [0.15, 0.2) is 0 Å². The third-order valence-corrected chi connectivity index (χ3v) is 2.94. The standard InChI is InChI=1S/C14H24O10/c1-6(2)3-7(4-9(17)18)13(22)24-14(23)12(21)11(20)10(19)8(16)5-15/h3,6,8,10-12,14-16,19-21,23H,4-5H2,1-2H3,(H,17,18)/t8-,10-,11+,12-,14?/m1/s1. The normalized spacial score (nSPS) is 18.6. The Morgan fingerprint density at radius 2 is 1.54 bits per heavy atom. The summed E-state index contributed by atoms with van der Waals surface area (Å²) in [7, 11) is 0. The van der Waals surface area contributed by atoms with E-state index in [1.807, 2.05) is 0 Å². The molecule has 0 radical (unpaired) electrons. The van der Waals surface area contributed by atoms with Crippen LogP contribution in [0.5, 0.6) is 0 Å². The van der Waals surface area contributed by atoms with Crippen molar-refractivity contribution in [1.29, 1.82) is 0 Å². The Kier molecular flexibility index (Phi) is 9.66. The summed E-state index contributed by atoms with van der Waals surface area (Å²) in [6, 6.07) is 0. The first-order valence-corrected chi connectivity index (χ1v) is 7.15. The number of allylic oxidation sites excluding steroid dienone is 1. The molecule has 0 spiro atoms. The van der Waals surface area contributed by atoms with Crippen molar-refractivity contribution in [2.24, 2.45) is 5.92 Å². The largest absolute Gasteiger partial charge is 0.481 e. The third kappa shape index (κ3) is 7.34. The Bertz CT molecular complexity index is 447. The second kappa shape index (κ2) is 10.3. The molecule has 24 heavy (non-hydrogen) atoms. The minimum absolute atomic E-state index is 0.193. The van der Waals surface area contributed by atoms with Crippen LogP contribution in [0.15, 0.2) is 11.6 Å². The van der Waals surface area contributed by atoms with Crippen molar-refractivity contribution in [2.75, 3.05) is 6.61 Å². The molecule has 0 heterocycles. The molecule has 0 bridgehead atoms. The highest BCUT2D eigenvalue weighted by atomic mass is 16.6. The molecule has 10 nitrogen and oxygen atoms in total. The van der Waals surface area contributed by atoms with E-state index in [0.717, 1.165) is 0 Å². The molecule has 0 aliphatic rings. The molecular formula is C14H24O10. The average molecular weight is 352 g/mol. The number of hydrogen-bond acceptors (Lipinski definition) is 9. The molecule has 0 aliphatic heterocycles. The molecule has 0 aromatic rings. The van der Waals surface area contributed by atoms with Crippen LogP contribution in [-0.4, -0.2) is 85.0 Å². The van der Waals surface area contributed by atoms with E-state index in [0.29, 0.717) is 0 Å². The van der Waals surface area contributed by atoms with Crippen LogP contribution in [0, 0.1) is 5.92 Å². The van der Waals surface area contributed by atoms with Gasteiger partial charge in [-0.15, -0.1) is 0 Å². The van der Waals surface area contributed by atoms with E-state index in [4.69, 9.17) is 15.3 Å². The van der Waals surface area contributed by atoms with E-state index in [-0.39, 0.29) is 11.5 Å². The van der Waals surface area contributed by atoms with Crippen LogP contribution >= 0.6 is 0 Å². The summed E-state index contributed by atoms with van der Waals surface area (Å²) in [5.41, 5.74) is -0.269. The predicted molar refractivity (Wildman–Crippen MR) is 78.4 cm³/mol. The van der Waals surface area contributed by atoms with Crippen molar-refractivity contribution in [1.82, 2.24) is 0 Å². The number of carboxylic acids is 1. The molecule has 1 unspecified atom stereocenters. The lowest BCUT2D eigenvalue weighted by Gasteiger charge is -2.28. The van der Waals surface area contributed by atoms with Crippen LogP contribution < -0.4 is 0 Å². The summed E-state index contributed by atoms with van der Waals surface area (Å²) in [4.78, 5) is 22.6. The van der Waals surface area contributed by atoms with Crippen LogP contribution in [0.3, 0.4) is 0 Å². The van der Waals surface area contributed by atoms with Crippen LogP contribution in [0.1, 0.15) is 20.3 Å². The molecule has 0 aromatic heterocycles. The van der Waals surface area contributed by atoms with Crippen LogP contribution in [-0.2, 0) is 14.3 Å². The van der Waals surface area contributed by atoms with Gasteiger partial charge in [-0.25, -0.2) is 4.79 Å². The zero-order chi connectivity index (χ0) is 19.0. The van der Waals surface area contributed by atoms with E-state index in [2.05, 4.69) is 4.74 Å². The number of carbonyl (C=O) groups excluding carboxylic acids is 1. The molecule has 0 rings (SSSR count). The van der Waals surface area contributed by atoms with Gasteiger partial charge in [0.05, 0.1) is 13.0 Å². The average Bonchev–Trinajstić information content (AvgIpc) is 2.50. The van der Waals surface area contributed by atoms with E-state index in [9.17, 15) is 30.0 Å². The van der Waals surface area contributed by atoms with E-state index >= 15 is 0 Å². The Morgan fingerprint density at radius 1 is 1.00 bits per heavy atom. The minimum Gasteiger partial charge on any atom is -0.481 e. The third-order valence-electron chi connectivity index (χ3n) is 2.94. The predicted octanol–water partition coefficient (Wildman–Crippen LogP) is -2.66. The number of ether oxygens (including phenoxy) is 1. The second-order valence-corrected chi connectivity index (χ2v) is 5.52. The number of carbonyl (C=O) groups is 2. The molecule has 0 amide bonds. The van der Waals surface area contributed by atoms with E-state index < -0.39 is 55.7 Å². The summed E-state index contributed by atoms with van der Waals surface area (Å²) in [5.74, 6) is -2.72. The SMILES string of the molecule is CC(C)C=C(CC(=O)O)C(=O)OC(O)[C@H](O)[C@@H](O)[C@H](O)[C@H](O)CO. The van der Waals surface area contributed by atoms with Crippen molar-refractivity contribution in [3.8, 4) is 0 Å². The van der Waals surface area contributed by atoms with Gasteiger partial charge in [0.25, 0.3) is 0 Å². The zero-order valence-electron chi connectivity index (χ0n) is 13.3. The lowest BCUT2D eigenvalue weighted by atomic mass is 10.0. The number of aliphatic hydroxyl groups excluding tert-OH is 6. The molecular weight excluding hydrogens is 328 g/mol. The molecule has 10 heteroatoms. The van der Waals surface area contributed by atoms with Crippen molar-refractivity contribution < 1.29 is 50.1 Å². The number of aliphatic carboxylic acids is 1. The molecule has 5 atom stereocenters. The summed E-state index contributed by atoms with van der Waals surface area (Å²) in [6.07, 6.45) is -9.80. The number of rotatable bonds is 10. The van der Waals surface area contributed by atoms with Crippen molar-refractivity contribution in [3.63, 3.8) is 0 Å². The summed E-state index contributed by atoms with van der Waals surface area (Å²) < 4.78 is 4.48. The van der Waals surface area contributed by atoms with Crippen LogP contribution in [0.25, 0.3) is 0 Å². The summed E-state index contributed by atoms with van der Waals surface area (Å²) in [5, 5.41) is 64.8. The van der Waals surface area contributed by atoms with Gasteiger partial charge in [-0.1, -0.05) is 19.9 Å². The zero-order valence-corrected chi connectivity index (χ0v) is 13.3. The fourth-order valence-electron chi connectivity index (χ4n) is 1.73. The number of hydrogen-bond donors (Lipinski definition) is 7.